The van der Waals surface area contributed by atoms with Crippen molar-refractivity contribution in [1.29, 1.82) is 0 Å². The summed E-state index contributed by atoms with van der Waals surface area (Å²) >= 11 is 0. The van der Waals surface area contributed by atoms with Crippen LogP contribution in [0.5, 0.6) is 5.75 Å². The zero-order valence-corrected chi connectivity index (χ0v) is 12.1. The molecule has 0 spiro atoms. The highest BCUT2D eigenvalue weighted by molar-refractivity contribution is 5.87. The SMILES string of the molecule is C=CC(=O)N1CCC(Nc2cc(C(F)(F)F)ccc2OC)C1. The number of rotatable bonds is 4. The highest BCUT2D eigenvalue weighted by atomic mass is 19.4. The van der Waals surface area contributed by atoms with Crippen molar-refractivity contribution in [2.45, 2.75) is 18.6 Å². The van der Waals surface area contributed by atoms with E-state index in [0.717, 1.165) is 12.1 Å². The van der Waals surface area contributed by atoms with E-state index < -0.39 is 11.7 Å². The summed E-state index contributed by atoms with van der Waals surface area (Å²) in [6, 6.07) is 3.16. The predicted octanol–water partition coefficient (Wildman–Crippen LogP) is 2.91. The van der Waals surface area contributed by atoms with Gasteiger partial charge in [0.25, 0.3) is 0 Å². The number of alkyl halides is 3. The Bertz CT molecular complexity index is 572. The molecule has 0 aliphatic carbocycles. The number of nitrogens with zero attached hydrogens (tertiary/aromatic N) is 1. The lowest BCUT2D eigenvalue weighted by atomic mass is 10.1. The van der Waals surface area contributed by atoms with E-state index >= 15 is 0 Å². The zero-order chi connectivity index (χ0) is 16.3. The topological polar surface area (TPSA) is 41.6 Å². The largest absolute Gasteiger partial charge is 0.495 e. The lowest BCUT2D eigenvalue weighted by molar-refractivity contribution is -0.137. The number of nitrogens with one attached hydrogen (secondary N) is 1. The maximum Gasteiger partial charge on any atom is 0.416 e. The summed E-state index contributed by atoms with van der Waals surface area (Å²) < 4.78 is 43.5. The molecule has 0 aromatic heterocycles. The maximum absolute atomic E-state index is 12.8. The van der Waals surface area contributed by atoms with Crippen LogP contribution in [0.15, 0.2) is 30.9 Å². The number of hydrogen-bond donors (Lipinski definition) is 1. The molecule has 0 bridgehead atoms. The normalized spacial score (nSPS) is 18.2. The zero-order valence-electron chi connectivity index (χ0n) is 12.1. The van der Waals surface area contributed by atoms with E-state index in [0.29, 0.717) is 25.3 Å². The molecule has 2 rings (SSSR count). The molecular formula is C15H17F3N2O2. The Morgan fingerprint density at radius 2 is 2.23 bits per heavy atom. The standard InChI is InChI=1S/C15H17F3N2O2/c1-3-14(21)20-7-6-11(9-20)19-12-8-10(15(16,17)18)4-5-13(12)22-2/h3-5,8,11,19H,1,6-7,9H2,2H3. The van der Waals surface area contributed by atoms with Crippen LogP contribution in [0.2, 0.25) is 0 Å². The van der Waals surface area contributed by atoms with Gasteiger partial charge < -0.3 is 15.0 Å². The maximum atomic E-state index is 12.8. The van der Waals surface area contributed by atoms with Gasteiger partial charge >= 0.3 is 6.18 Å². The van der Waals surface area contributed by atoms with Crippen LogP contribution in [0.3, 0.4) is 0 Å². The first-order chi connectivity index (χ1) is 10.3. The fourth-order valence-corrected chi connectivity index (χ4v) is 2.42. The van der Waals surface area contributed by atoms with Crippen LogP contribution in [0.1, 0.15) is 12.0 Å². The number of carbonyl (C=O) groups excluding carboxylic acids is 1. The van der Waals surface area contributed by atoms with Gasteiger partial charge in [-0.15, -0.1) is 0 Å². The molecule has 1 atom stereocenters. The smallest absolute Gasteiger partial charge is 0.416 e. The van der Waals surface area contributed by atoms with Crippen molar-refractivity contribution in [2.24, 2.45) is 0 Å². The van der Waals surface area contributed by atoms with Crippen molar-refractivity contribution in [2.75, 3.05) is 25.5 Å². The Hall–Kier alpha value is -2.18. The minimum Gasteiger partial charge on any atom is -0.495 e. The third-order valence-corrected chi connectivity index (χ3v) is 3.56. The van der Waals surface area contributed by atoms with Crippen LogP contribution in [-0.2, 0) is 11.0 Å². The van der Waals surface area contributed by atoms with Crippen molar-refractivity contribution in [3.63, 3.8) is 0 Å². The summed E-state index contributed by atoms with van der Waals surface area (Å²) in [5.41, 5.74) is -0.469. The summed E-state index contributed by atoms with van der Waals surface area (Å²) in [6.45, 7) is 4.39. The quantitative estimate of drug-likeness (QED) is 0.869. The molecule has 1 aliphatic rings. The van der Waals surface area contributed by atoms with E-state index in [9.17, 15) is 18.0 Å². The van der Waals surface area contributed by atoms with Gasteiger partial charge in [0.05, 0.1) is 18.4 Å². The van der Waals surface area contributed by atoms with E-state index in [1.807, 2.05) is 0 Å². The Balaban J connectivity index is 2.15. The number of hydrogen-bond acceptors (Lipinski definition) is 3. The van der Waals surface area contributed by atoms with Gasteiger partial charge in [0, 0.05) is 19.1 Å². The van der Waals surface area contributed by atoms with Gasteiger partial charge in [-0.1, -0.05) is 6.58 Å². The third kappa shape index (κ3) is 3.52. The van der Waals surface area contributed by atoms with Crippen LogP contribution in [0.4, 0.5) is 18.9 Å². The molecule has 1 heterocycles. The number of amides is 1. The number of anilines is 1. The van der Waals surface area contributed by atoms with Crippen LogP contribution in [0.25, 0.3) is 0 Å². The van der Waals surface area contributed by atoms with E-state index in [2.05, 4.69) is 11.9 Å². The first kappa shape index (κ1) is 16.2. The minimum atomic E-state index is -4.41. The lowest BCUT2D eigenvalue weighted by Crippen LogP contribution is -2.30. The molecule has 1 aromatic rings. The second kappa shape index (κ2) is 6.29. The Morgan fingerprint density at radius 1 is 1.50 bits per heavy atom. The number of ether oxygens (including phenoxy) is 1. The lowest BCUT2D eigenvalue weighted by Gasteiger charge is -2.19. The summed E-state index contributed by atoms with van der Waals surface area (Å²) in [5, 5.41) is 3.03. The number of methoxy groups -OCH3 is 1. The molecule has 0 radical (unpaired) electrons. The molecule has 120 valence electrons. The average Bonchev–Trinajstić information content (AvgIpc) is 2.94. The molecule has 4 nitrogen and oxygen atoms in total. The van der Waals surface area contributed by atoms with Crippen LogP contribution < -0.4 is 10.1 Å². The number of benzene rings is 1. The summed E-state index contributed by atoms with van der Waals surface area (Å²) in [6.07, 6.45) is -2.53. The number of likely N-dealkylation sites (tertiary alicyclic amines) is 1. The van der Waals surface area contributed by atoms with Gasteiger partial charge in [0.15, 0.2) is 0 Å². The fraction of sp³-hybridized carbons (Fsp3) is 0.400. The van der Waals surface area contributed by atoms with E-state index in [1.165, 1.54) is 19.3 Å². The summed E-state index contributed by atoms with van der Waals surface area (Å²) in [4.78, 5) is 13.1. The predicted molar refractivity (Wildman–Crippen MR) is 76.8 cm³/mol. The number of halogens is 3. The van der Waals surface area contributed by atoms with Crippen molar-refractivity contribution < 1.29 is 22.7 Å². The molecule has 1 aliphatic heterocycles. The summed E-state index contributed by atoms with van der Waals surface area (Å²) in [7, 11) is 1.40. The average molecular weight is 314 g/mol. The first-order valence-electron chi connectivity index (χ1n) is 6.78. The molecule has 1 saturated heterocycles. The molecule has 1 fully saturated rings. The van der Waals surface area contributed by atoms with Gasteiger partial charge in [-0.25, -0.2) is 0 Å². The van der Waals surface area contributed by atoms with E-state index in [-0.39, 0.29) is 17.6 Å². The van der Waals surface area contributed by atoms with E-state index in [4.69, 9.17) is 4.74 Å². The van der Waals surface area contributed by atoms with Crippen LogP contribution in [0, 0.1) is 0 Å². The van der Waals surface area contributed by atoms with Gasteiger partial charge in [-0.2, -0.15) is 13.2 Å². The number of carbonyl (C=O) groups is 1. The van der Waals surface area contributed by atoms with Gasteiger partial charge in [0.1, 0.15) is 5.75 Å². The monoisotopic (exact) mass is 314 g/mol. The summed E-state index contributed by atoms with van der Waals surface area (Å²) in [5.74, 6) is 0.154. The first-order valence-corrected chi connectivity index (χ1v) is 6.78. The molecule has 1 unspecified atom stereocenters. The van der Waals surface area contributed by atoms with Crippen molar-refractivity contribution in [1.82, 2.24) is 4.90 Å². The van der Waals surface area contributed by atoms with Gasteiger partial charge in [0.2, 0.25) is 5.91 Å². The van der Waals surface area contributed by atoms with Gasteiger partial charge in [-0.05, 0) is 30.7 Å². The second-order valence-electron chi connectivity index (χ2n) is 5.03. The fourth-order valence-electron chi connectivity index (χ4n) is 2.42. The highest BCUT2D eigenvalue weighted by Gasteiger charge is 2.32. The Labute approximate surface area is 126 Å². The van der Waals surface area contributed by atoms with Crippen molar-refractivity contribution in [3.8, 4) is 5.75 Å². The van der Waals surface area contributed by atoms with E-state index in [1.54, 1.807) is 4.90 Å². The molecule has 22 heavy (non-hydrogen) atoms. The third-order valence-electron chi connectivity index (χ3n) is 3.56. The highest BCUT2D eigenvalue weighted by Crippen LogP contribution is 2.35. The molecule has 7 heteroatoms. The van der Waals surface area contributed by atoms with Crippen LogP contribution >= 0.6 is 0 Å². The molecule has 1 aromatic carbocycles. The van der Waals surface area contributed by atoms with Crippen LogP contribution in [-0.4, -0.2) is 37.0 Å². The van der Waals surface area contributed by atoms with Gasteiger partial charge in [-0.3, -0.25) is 4.79 Å². The van der Waals surface area contributed by atoms with Crippen molar-refractivity contribution in [3.05, 3.63) is 36.4 Å². The molecule has 1 amide bonds. The second-order valence-corrected chi connectivity index (χ2v) is 5.03. The van der Waals surface area contributed by atoms with Crippen molar-refractivity contribution >= 4 is 11.6 Å². The molecule has 0 saturated carbocycles. The molecular weight excluding hydrogens is 297 g/mol. The Kier molecular flexibility index (Phi) is 4.63. The Morgan fingerprint density at radius 3 is 2.82 bits per heavy atom. The minimum absolute atomic E-state index is 0.124. The molecule has 1 N–H and O–H groups in total.